The van der Waals surface area contributed by atoms with Gasteiger partial charge in [-0.25, -0.2) is 0 Å². The van der Waals surface area contributed by atoms with Crippen LogP contribution in [-0.2, 0) is 6.42 Å². The minimum absolute atomic E-state index is 0.281. The quantitative estimate of drug-likeness (QED) is 0.0522. The first kappa shape index (κ1) is 65.5. The van der Waals surface area contributed by atoms with Crippen molar-refractivity contribution in [3.8, 4) is 11.5 Å². The maximum absolute atomic E-state index is 12.2. The Balaban J connectivity index is 2.73. The van der Waals surface area contributed by atoms with Crippen LogP contribution in [0.25, 0.3) is 0 Å². The van der Waals surface area contributed by atoms with E-state index in [0.717, 1.165) is 73.2 Å². The zero-order chi connectivity index (χ0) is 51.0. The summed E-state index contributed by atoms with van der Waals surface area (Å²) >= 11 is 0. The molecule has 1 N–H and O–H groups in total. The summed E-state index contributed by atoms with van der Waals surface area (Å²) < 4.78 is 12.8. The number of methoxy groups -OCH3 is 1. The Morgan fingerprint density at radius 1 is 0.493 bits per heavy atom. The second kappa shape index (κ2) is 43.0. The fraction of sp³-hybridized carbons (Fsp3) is 0.879. The predicted molar refractivity (Wildman–Crippen MR) is 308 cm³/mol. The van der Waals surface area contributed by atoms with Crippen LogP contribution in [-0.4, -0.2) is 23.9 Å². The predicted octanol–water partition coefficient (Wildman–Crippen LogP) is 22.0. The van der Waals surface area contributed by atoms with Gasteiger partial charge in [-0.2, -0.15) is 0 Å². The molecule has 406 valence electrons. The van der Waals surface area contributed by atoms with Crippen molar-refractivity contribution in [3.05, 3.63) is 35.4 Å². The van der Waals surface area contributed by atoms with Crippen LogP contribution in [0.15, 0.2) is 29.8 Å². The molecule has 1 aromatic rings. The summed E-state index contributed by atoms with van der Waals surface area (Å²) in [5, 5.41) is 12.2. The first-order valence-electron chi connectivity index (χ1n) is 30.9. The number of hydrogen-bond acceptors (Lipinski definition) is 3. The zero-order valence-electron chi connectivity index (χ0n) is 49.0. The minimum atomic E-state index is -0.912. The van der Waals surface area contributed by atoms with Crippen molar-refractivity contribution in [1.82, 2.24) is 0 Å². The molecule has 6 atom stereocenters. The lowest BCUT2D eigenvalue weighted by molar-refractivity contribution is -0.0585. The van der Waals surface area contributed by atoms with E-state index in [4.69, 9.17) is 9.47 Å². The highest BCUT2D eigenvalue weighted by Gasteiger charge is 2.33. The maximum Gasteiger partial charge on any atom is 0.127 e. The molecule has 0 aliphatic heterocycles. The van der Waals surface area contributed by atoms with E-state index in [-0.39, 0.29) is 6.10 Å². The normalized spacial score (nSPS) is 15.4. The van der Waals surface area contributed by atoms with Gasteiger partial charge >= 0.3 is 0 Å². The molecule has 0 amide bonds. The molecule has 0 radical (unpaired) electrons. The summed E-state index contributed by atoms with van der Waals surface area (Å²) in [6.45, 7) is 25.9. The Morgan fingerprint density at radius 3 is 1.32 bits per heavy atom. The van der Waals surface area contributed by atoms with Gasteiger partial charge in [0.25, 0.3) is 0 Å². The van der Waals surface area contributed by atoms with Crippen LogP contribution >= 0.6 is 0 Å². The molecule has 3 nitrogen and oxygen atoms in total. The number of rotatable bonds is 49. The number of aryl methyl sites for hydroxylation is 1. The van der Waals surface area contributed by atoms with Gasteiger partial charge in [-0.3, -0.25) is 0 Å². The molecule has 0 heterocycles. The van der Waals surface area contributed by atoms with Crippen LogP contribution in [0.4, 0.5) is 0 Å². The summed E-state index contributed by atoms with van der Waals surface area (Å²) in [7, 11) is 1.77. The van der Waals surface area contributed by atoms with E-state index in [2.05, 4.69) is 87.4 Å². The lowest BCUT2D eigenvalue weighted by Crippen LogP contribution is -2.43. The molecule has 1 rings (SSSR count). The Labute approximate surface area is 434 Å². The molecule has 2 unspecified atom stereocenters. The third kappa shape index (κ3) is 38.8. The topological polar surface area (TPSA) is 38.7 Å². The Kier molecular flexibility index (Phi) is 40.8. The fourth-order valence-corrected chi connectivity index (χ4v) is 10.9. The van der Waals surface area contributed by atoms with Gasteiger partial charge in [0, 0.05) is 6.07 Å². The highest BCUT2D eigenvalue weighted by Crippen LogP contribution is 2.32. The summed E-state index contributed by atoms with van der Waals surface area (Å²) in [6, 6.07) is 6.48. The van der Waals surface area contributed by atoms with Gasteiger partial charge in [0.05, 0.1) is 12.7 Å². The van der Waals surface area contributed by atoms with E-state index in [1.807, 2.05) is 13.0 Å². The second-order valence-corrected chi connectivity index (χ2v) is 24.7. The Bertz CT molecular complexity index is 1310. The molecule has 0 aliphatic carbocycles. The monoisotopic (exact) mass is 965 g/mol. The highest BCUT2D eigenvalue weighted by molar-refractivity contribution is 5.39. The van der Waals surface area contributed by atoms with Crippen molar-refractivity contribution in [2.75, 3.05) is 7.11 Å². The summed E-state index contributed by atoms with van der Waals surface area (Å²) in [5.41, 5.74) is 1.86. The van der Waals surface area contributed by atoms with E-state index < -0.39 is 5.60 Å². The number of hydrogen-bond donors (Lipinski definition) is 1. The van der Waals surface area contributed by atoms with Gasteiger partial charge in [-0.15, -0.1) is 0 Å². The number of aliphatic hydroxyl groups is 1. The fourth-order valence-electron chi connectivity index (χ4n) is 10.9. The van der Waals surface area contributed by atoms with Crippen LogP contribution in [0.2, 0.25) is 0 Å². The number of ether oxygens (including phenoxy) is 2. The first-order valence-corrected chi connectivity index (χ1v) is 30.9. The highest BCUT2D eigenvalue weighted by atomic mass is 16.5. The molecule has 0 spiro atoms. The molecule has 0 saturated carbocycles. The van der Waals surface area contributed by atoms with E-state index in [9.17, 15) is 5.11 Å². The standard InChI is InChI=1S/C66H124O3/c1-13-14-15-16-17-18-19-20-21-22-23-24-25-26-27-28-29-49-62-52-63(68-12)54-64(53-62)69-65(66(11,67)51-36-48-61(10)46-34-42-58(7)40-31-38-56(4)5)50-35-47-60(9)45-33-44-59(8)43-32-41-57(6)39-30-37-55(2)3/h47,52-59,61,65,67H,13-46,48-51H2,1-12H3/b60-47+/t57-,58-,59-,61-,65?,66?/m1/s1. The van der Waals surface area contributed by atoms with Crippen molar-refractivity contribution in [3.63, 3.8) is 0 Å². The van der Waals surface area contributed by atoms with Crippen molar-refractivity contribution < 1.29 is 14.6 Å². The smallest absolute Gasteiger partial charge is 0.127 e. The van der Waals surface area contributed by atoms with Crippen molar-refractivity contribution in [2.45, 2.75) is 332 Å². The van der Waals surface area contributed by atoms with Gasteiger partial charge < -0.3 is 14.6 Å². The van der Waals surface area contributed by atoms with Gasteiger partial charge in [0.15, 0.2) is 0 Å². The van der Waals surface area contributed by atoms with Crippen molar-refractivity contribution in [1.29, 1.82) is 0 Å². The van der Waals surface area contributed by atoms with Crippen molar-refractivity contribution in [2.24, 2.45) is 35.5 Å². The summed E-state index contributed by atoms with van der Waals surface area (Å²) in [4.78, 5) is 0. The minimum Gasteiger partial charge on any atom is -0.497 e. The van der Waals surface area contributed by atoms with E-state index in [0.29, 0.717) is 5.92 Å². The largest absolute Gasteiger partial charge is 0.497 e. The SMILES string of the molecule is CCCCCCCCCCCCCCCCCCCc1cc(OC)cc(OC(CC/C=C(\C)CCC[C@H](C)CCC[C@H](C)CCCC(C)C)C(C)(O)CCC[C@H](C)CCC[C@H](C)CCCC(C)C)c1. The summed E-state index contributed by atoms with van der Waals surface area (Å²) in [6.07, 6.45) is 51.7. The molecule has 0 aliphatic rings. The molecule has 0 bridgehead atoms. The number of unbranched alkanes of at least 4 members (excludes halogenated alkanes) is 16. The molecule has 0 aromatic heterocycles. The number of benzene rings is 1. The zero-order valence-corrected chi connectivity index (χ0v) is 49.0. The Hall–Kier alpha value is -1.48. The lowest BCUT2D eigenvalue weighted by Gasteiger charge is -2.34. The van der Waals surface area contributed by atoms with Crippen LogP contribution < -0.4 is 9.47 Å². The Morgan fingerprint density at radius 2 is 0.884 bits per heavy atom. The van der Waals surface area contributed by atoms with Crippen LogP contribution in [0, 0.1) is 35.5 Å². The first-order chi connectivity index (χ1) is 33.1. The van der Waals surface area contributed by atoms with Crippen LogP contribution in [0.5, 0.6) is 11.5 Å². The van der Waals surface area contributed by atoms with Crippen LogP contribution in [0.3, 0.4) is 0 Å². The van der Waals surface area contributed by atoms with Gasteiger partial charge in [-0.05, 0) is 112 Å². The van der Waals surface area contributed by atoms with Gasteiger partial charge in [0.1, 0.15) is 17.6 Å². The molecule has 69 heavy (non-hydrogen) atoms. The average Bonchev–Trinajstić information content (AvgIpc) is 3.29. The van der Waals surface area contributed by atoms with E-state index in [1.54, 1.807) is 7.11 Å². The lowest BCUT2D eigenvalue weighted by atomic mass is 9.86. The van der Waals surface area contributed by atoms with E-state index >= 15 is 0 Å². The van der Waals surface area contributed by atoms with Gasteiger partial charge in [-0.1, -0.05) is 273 Å². The third-order valence-corrected chi connectivity index (χ3v) is 16.0. The molecule has 0 saturated heterocycles. The average molecular weight is 966 g/mol. The molecular weight excluding hydrogens is 841 g/mol. The van der Waals surface area contributed by atoms with Crippen LogP contribution in [0.1, 0.15) is 319 Å². The molecular formula is C66H124O3. The molecule has 3 heteroatoms. The molecule has 0 fully saturated rings. The summed E-state index contributed by atoms with van der Waals surface area (Å²) in [5.74, 6) is 6.56. The number of allylic oxidation sites excluding steroid dienone is 2. The second-order valence-electron chi connectivity index (χ2n) is 24.7. The maximum atomic E-state index is 12.2. The molecule has 1 aromatic carbocycles. The van der Waals surface area contributed by atoms with Crippen molar-refractivity contribution >= 4 is 0 Å². The third-order valence-electron chi connectivity index (χ3n) is 16.0. The van der Waals surface area contributed by atoms with Gasteiger partial charge in [0.2, 0.25) is 0 Å². The van der Waals surface area contributed by atoms with E-state index in [1.165, 1.54) is 223 Å².